The zero-order valence-corrected chi connectivity index (χ0v) is 21.8. The maximum Gasteiger partial charge on any atom is 0.418 e. The molecular weight excluding hydrogens is 493 g/mol. The Morgan fingerprint density at radius 3 is 2.25 bits per heavy atom. The summed E-state index contributed by atoms with van der Waals surface area (Å²) in [5.74, 6) is -1.55. The third-order valence-corrected chi connectivity index (χ3v) is 6.69. The van der Waals surface area contributed by atoms with Gasteiger partial charge >= 0.3 is 12.1 Å². The number of ether oxygens (including phenoxy) is 1. The Hall–Kier alpha value is -2.56. The van der Waals surface area contributed by atoms with Gasteiger partial charge in [-0.1, -0.05) is 32.0 Å². The minimum atomic E-state index is -4.60. The van der Waals surface area contributed by atoms with Crippen LogP contribution in [0.5, 0.6) is 0 Å². The molecule has 0 saturated carbocycles. The molecule has 3 N–H and O–H groups in total. The fourth-order valence-electron chi connectivity index (χ4n) is 3.36. The van der Waals surface area contributed by atoms with Gasteiger partial charge in [-0.3, -0.25) is 9.59 Å². The average molecular weight is 527 g/mol. The zero-order valence-electron chi connectivity index (χ0n) is 21.0. The number of benzene rings is 2. The van der Waals surface area contributed by atoms with Crippen molar-refractivity contribution < 1.29 is 32.6 Å². The molecule has 2 rings (SSSR count). The zero-order chi connectivity index (χ0) is 27.1. The SMILES string of the molecule is COCC(CC(=O)Nc1ccc(C(C)C)cc1C(F)(F)F)NCc1ccc(SC(C)(C)C(=O)O)cc1. The van der Waals surface area contributed by atoms with Crippen LogP contribution in [0.4, 0.5) is 18.9 Å². The standard InChI is InChI=1S/C26H33F3N2O4S/c1-16(2)18-8-11-22(21(12-18)26(27,28)29)31-23(32)13-19(15-35-5)30-14-17-6-9-20(10-7-17)36-25(3,4)24(33)34/h6-12,16,19,30H,13-15H2,1-5H3,(H,31,32)(H,33,34). The summed E-state index contributed by atoms with van der Waals surface area (Å²) in [5, 5.41) is 14.9. The minimum Gasteiger partial charge on any atom is -0.480 e. The van der Waals surface area contributed by atoms with Gasteiger partial charge in [-0.05, 0) is 55.2 Å². The van der Waals surface area contributed by atoms with Gasteiger partial charge in [0.15, 0.2) is 0 Å². The van der Waals surface area contributed by atoms with Crippen molar-refractivity contribution in [3.05, 3.63) is 59.2 Å². The third-order valence-electron chi connectivity index (χ3n) is 5.50. The van der Waals surface area contributed by atoms with Crippen molar-refractivity contribution >= 4 is 29.3 Å². The molecule has 0 bridgehead atoms. The molecule has 0 saturated heterocycles. The molecule has 0 aliphatic heterocycles. The quantitative estimate of drug-likeness (QED) is 0.298. The summed E-state index contributed by atoms with van der Waals surface area (Å²) in [6.07, 6.45) is -4.68. The number of hydrogen-bond donors (Lipinski definition) is 3. The number of amides is 1. The second-order valence-corrected chi connectivity index (χ2v) is 11.0. The van der Waals surface area contributed by atoms with Crippen LogP contribution in [0.25, 0.3) is 0 Å². The highest BCUT2D eigenvalue weighted by atomic mass is 32.2. The van der Waals surface area contributed by atoms with Crippen molar-refractivity contribution in [1.82, 2.24) is 5.32 Å². The molecule has 0 fully saturated rings. The van der Waals surface area contributed by atoms with Gasteiger partial charge in [-0.25, -0.2) is 0 Å². The molecule has 1 unspecified atom stereocenters. The third kappa shape index (κ3) is 8.83. The predicted molar refractivity (Wildman–Crippen MR) is 135 cm³/mol. The molecule has 2 aromatic rings. The minimum absolute atomic E-state index is 0.0811. The van der Waals surface area contributed by atoms with Crippen molar-refractivity contribution in [2.45, 2.75) is 68.4 Å². The molecule has 6 nitrogen and oxygen atoms in total. The Labute approximate surface area is 214 Å². The smallest absolute Gasteiger partial charge is 0.418 e. The molecule has 198 valence electrons. The van der Waals surface area contributed by atoms with Gasteiger partial charge in [0.05, 0.1) is 17.9 Å². The number of hydrogen-bond acceptors (Lipinski definition) is 5. The Bertz CT molecular complexity index is 1040. The van der Waals surface area contributed by atoms with E-state index >= 15 is 0 Å². The van der Waals surface area contributed by atoms with E-state index in [1.54, 1.807) is 33.8 Å². The van der Waals surface area contributed by atoms with E-state index < -0.39 is 34.4 Å². The lowest BCUT2D eigenvalue weighted by Gasteiger charge is -2.20. The van der Waals surface area contributed by atoms with Gasteiger partial charge in [0.25, 0.3) is 0 Å². The number of thioether (sulfide) groups is 1. The fourth-order valence-corrected chi connectivity index (χ4v) is 4.31. The number of rotatable bonds is 12. The monoisotopic (exact) mass is 526 g/mol. The topological polar surface area (TPSA) is 87.7 Å². The van der Waals surface area contributed by atoms with Crippen molar-refractivity contribution in [2.75, 3.05) is 19.0 Å². The summed E-state index contributed by atoms with van der Waals surface area (Å²) in [7, 11) is 1.48. The van der Waals surface area contributed by atoms with Crippen LogP contribution < -0.4 is 10.6 Å². The first-order valence-electron chi connectivity index (χ1n) is 11.5. The summed E-state index contributed by atoms with van der Waals surface area (Å²) < 4.78 is 45.0. The van der Waals surface area contributed by atoms with Crippen molar-refractivity contribution in [2.24, 2.45) is 0 Å². The van der Waals surface area contributed by atoms with E-state index in [1.165, 1.54) is 24.9 Å². The predicted octanol–water partition coefficient (Wildman–Crippen LogP) is 5.92. The number of alkyl halides is 3. The van der Waals surface area contributed by atoms with Gasteiger partial charge in [0, 0.05) is 31.0 Å². The number of methoxy groups -OCH3 is 1. The number of aliphatic carboxylic acids is 1. The summed E-state index contributed by atoms with van der Waals surface area (Å²) in [5.41, 5.74) is 0.292. The molecule has 0 aliphatic rings. The maximum absolute atomic E-state index is 13.6. The Morgan fingerprint density at radius 1 is 1.08 bits per heavy atom. The molecule has 36 heavy (non-hydrogen) atoms. The fraction of sp³-hybridized carbons (Fsp3) is 0.462. The summed E-state index contributed by atoms with van der Waals surface area (Å²) in [4.78, 5) is 24.7. The lowest BCUT2D eigenvalue weighted by atomic mass is 9.99. The van der Waals surface area contributed by atoms with Crippen LogP contribution in [0.15, 0.2) is 47.4 Å². The molecule has 0 heterocycles. The molecule has 0 aliphatic carbocycles. The molecule has 0 radical (unpaired) electrons. The lowest BCUT2D eigenvalue weighted by Crippen LogP contribution is -2.36. The first kappa shape index (κ1) is 29.7. The summed E-state index contributed by atoms with van der Waals surface area (Å²) >= 11 is 1.24. The Kier molecular flexibility index (Phi) is 10.4. The molecule has 10 heteroatoms. The van der Waals surface area contributed by atoms with Gasteiger partial charge in [0.2, 0.25) is 5.91 Å². The molecule has 0 spiro atoms. The number of anilines is 1. The normalized spacial score (nSPS) is 13.0. The summed E-state index contributed by atoms with van der Waals surface area (Å²) in [6.45, 7) is 7.45. The largest absolute Gasteiger partial charge is 0.480 e. The molecule has 1 amide bonds. The number of halogens is 3. The Morgan fingerprint density at radius 2 is 1.72 bits per heavy atom. The van der Waals surface area contributed by atoms with Crippen LogP contribution in [-0.4, -0.2) is 41.5 Å². The second kappa shape index (κ2) is 12.6. The molecule has 2 aromatic carbocycles. The number of carboxylic acid groups (broad SMARTS) is 1. The van der Waals surface area contributed by atoms with E-state index in [-0.39, 0.29) is 24.6 Å². The van der Waals surface area contributed by atoms with Crippen LogP contribution >= 0.6 is 11.8 Å². The van der Waals surface area contributed by atoms with Crippen LogP contribution in [0, 0.1) is 0 Å². The first-order chi connectivity index (χ1) is 16.7. The van der Waals surface area contributed by atoms with Crippen LogP contribution in [-0.2, 0) is 27.0 Å². The highest BCUT2D eigenvalue weighted by molar-refractivity contribution is 8.01. The van der Waals surface area contributed by atoms with Crippen molar-refractivity contribution in [3.8, 4) is 0 Å². The highest BCUT2D eigenvalue weighted by Crippen LogP contribution is 2.37. The van der Waals surface area contributed by atoms with Crippen LogP contribution in [0.2, 0.25) is 0 Å². The summed E-state index contributed by atoms with van der Waals surface area (Å²) in [6, 6.07) is 10.9. The second-order valence-electron chi connectivity index (χ2n) is 9.30. The molecule has 1 atom stereocenters. The van der Waals surface area contributed by atoms with E-state index in [0.717, 1.165) is 16.5 Å². The molecular formula is C26H33F3N2O4S. The number of carbonyl (C=O) groups excluding carboxylic acids is 1. The van der Waals surface area contributed by atoms with E-state index in [2.05, 4.69) is 10.6 Å². The van der Waals surface area contributed by atoms with E-state index in [1.807, 2.05) is 24.3 Å². The van der Waals surface area contributed by atoms with Gasteiger partial charge < -0.3 is 20.5 Å². The van der Waals surface area contributed by atoms with Crippen molar-refractivity contribution in [1.29, 1.82) is 0 Å². The van der Waals surface area contributed by atoms with E-state index in [4.69, 9.17) is 4.74 Å². The lowest BCUT2D eigenvalue weighted by molar-refractivity contribution is -0.139. The highest BCUT2D eigenvalue weighted by Gasteiger charge is 2.34. The van der Waals surface area contributed by atoms with Crippen LogP contribution in [0.1, 0.15) is 56.7 Å². The Balaban J connectivity index is 2.02. The van der Waals surface area contributed by atoms with Gasteiger partial charge in [-0.15, -0.1) is 11.8 Å². The first-order valence-corrected chi connectivity index (χ1v) is 12.3. The van der Waals surface area contributed by atoms with E-state index in [0.29, 0.717) is 12.1 Å². The average Bonchev–Trinajstić information content (AvgIpc) is 2.77. The van der Waals surface area contributed by atoms with Gasteiger partial charge in [-0.2, -0.15) is 13.2 Å². The number of carbonyl (C=O) groups is 2. The number of nitrogens with one attached hydrogen (secondary N) is 2. The maximum atomic E-state index is 13.6. The molecule has 0 aromatic heterocycles. The van der Waals surface area contributed by atoms with Gasteiger partial charge in [0.1, 0.15) is 4.75 Å². The number of carboxylic acids is 1. The van der Waals surface area contributed by atoms with E-state index in [9.17, 15) is 27.9 Å². The van der Waals surface area contributed by atoms with Crippen molar-refractivity contribution in [3.63, 3.8) is 0 Å². The van der Waals surface area contributed by atoms with Crippen LogP contribution in [0.3, 0.4) is 0 Å².